The number of rotatable bonds is 9. The number of allylic oxidation sites excluding steroid dienone is 5. The SMILES string of the molecule is COC(=O)/C(C)=C/C1=C/CCC/C=C(CCCCc2ccc(-c3csc4c(=O)cc(N5CCOCC5)oc34)cc2)/N=C\1C. The Kier molecular flexibility index (Phi) is 10.4. The number of aliphatic imine (C=N–C) groups is 1. The third-order valence-electron chi connectivity index (χ3n) is 7.93. The largest absolute Gasteiger partial charge is 0.466 e. The lowest BCUT2D eigenvalue weighted by molar-refractivity contribution is -0.136. The molecule has 2 aliphatic rings. The second kappa shape index (κ2) is 14.6. The van der Waals surface area contributed by atoms with E-state index in [1.807, 2.05) is 18.4 Å². The van der Waals surface area contributed by atoms with Gasteiger partial charge in [0.1, 0.15) is 4.70 Å². The number of thiophene rings is 1. The van der Waals surface area contributed by atoms with Crippen molar-refractivity contribution in [3.05, 3.63) is 86.6 Å². The number of aryl methyl sites for hydroxylation is 1. The summed E-state index contributed by atoms with van der Waals surface area (Å²) in [6.07, 6.45) is 13.4. The Hall–Kier alpha value is -3.75. The van der Waals surface area contributed by atoms with Crippen molar-refractivity contribution in [1.82, 2.24) is 0 Å². The molecule has 0 aliphatic carbocycles. The van der Waals surface area contributed by atoms with Crippen molar-refractivity contribution in [2.24, 2.45) is 4.99 Å². The van der Waals surface area contributed by atoms with E-state index in [-0.39, 0.29) is 11.4 Å². The summed E-state index contributed by atoms with van der Waals surface area (Å²) in [7, 11) is 1.40. The minimum Gasteiger partial charge on any atom is -0.466 e. The minimum absolute atomic E-state index is 0.00480. The number of hydrogen-bond donors (Lipinski definition) is 0. The van der Waals surface area contributed by atoms with Gasteiger partial charge < -0.3 is 18.8 Å². The van der Waals surface area contributed by atoms with Gasteiger partial charge in [-0.3, -0.25) is 9.79 Å². The van der Waals surface area contributed by atoms with Gasteiger partial charge in [0.25, 0.3) is 0 Å². The van der Waals surface area contributed by atoms with Gasteiger partial charge in [-0.2, -0.15) is 0 Å². The van der Waals surface area contributed by atoms with Gasteiger partial charge in [-0.25, -0.2) is 4.79 Å². The van der Waals surface area contributed by atoms with Crippen LogP contribution in [-0.2, 0) is 20.7 Å². The number of esters is 1. The second-order valence-electron chi connectivity index (χ2n) is 11.1. The molecule has 2 aromatic heterocycles. The zero-order valence-electron chi connectivity index (χ0n) is 25.3. The lowest BCUT2D eigenvalue weighted by atomic mass is 10.0. The van der Waals surface area contributed by atoms with Crippen LogP contribution in [0, 0.1) is 0 Å². The molecule has 4 heterocycles. The molecule has 0 saturated carbocycles. The highest BCUT2D eigenvalue weighted by Gasteiger charge is 2.18. The van der Waals surface area contributed by atoms with Crippen molar-refractivity contribution < 1.29 is 18.7 Å². The molecule has 5 rings (SSSR count). The lowest BCUT2D eigenvalue weighted by Gasteiger charge is -2.27. The summed E-state index contributed by atoms with van der Waals surface area (Å²) >= 11 is 1.44. The number of benzene rings is 1. The number of nitrogens with zero attached hydrogens (tertiary/aromatic N) is 2. The monoisotopic (exact) mass is 600 g/mol. The molecule has 7 nitrogen and oxygen atoms in total. The second-order valence-corrected chi connectivity index (χ2v) is 11.9. The number of ether oxygens (including phenoxy) is 2. The Labute approximate surface area is 257 Å². The highest BCUT2D eigenvalue weighted by Crippen LogP contribution is 2.35. The van der Waals surface area contributed by atoms with Gasteiger partial charge in [-0.1, -0.05) is 36.4 Å². The lowest BCUT2D eigenvalue weighted by Crippen LogP contribution is -2.36. The average molecular weight is 601 g/mol. The van der Waals surface area contributed by atoms with Crippen molar-refractivity contribution in [3.63, 3.8) is 0 Å². The summed E-state index contributed by atoms with van der Waals surface area (Å²) in [6, 6.07) is 10.2. The molecule has 0 spiro atoms. The van der Waals surface area contributed by atoms with Crippen molar-refractivity contribution in [1.29, 1.82) is 0 Å². The molecule has 0 bridgehead atoms. The van der Waals surface area contributed by atoms with E-state index in [4.69, 9.17) is 18.9 Å². The van der Waals surface area contributed by atoms with Crippen LogP contribution in [0.5, 0.6) is 0 Å². The van der Waals surface area contributed by atoms with Gasteiger partial charge in [0.05, 0.1) is 20.3 Å². The Morgan fingerprint density at radius 1 is 1.09 bits per heavy atom. The quantitative estimate of drug-likeness (QED) is 0.143. The Morgan fingerprint density at radius 3 is 2.60 bits per heavy atom. The van der Waals surface area contributed by atoms with Crippen LogP contribution in [0.4, 0.5) is 5.88 Å². The number of carbonyl (C=O) groups excluding carboxylic acids is 1. The number of morpholine rings is 1. The van der Waals surface area contributed by atoms with Crippen LogP contribution >= 0.6 is 11.3 Å². The summed E-state index contributed by atoms with van der Waals surface area (Å²) in [5, 5.41) is 2.02. The molecule has 3 aromatic rings. The van der Waals surface area contributed by atoms with Gasteiger partial charge in [0.2, 0.25) is 5.43 Å². The first-order valence-corrected chi connectivity index (χ1v) is 16.0. The van der Waals surface area contributed by atoms with Crippen molar-refractivity contribution in [3.8, 4) is 11.1 Å². The van der Waals surface area contributed by atoms with E-state index in [2.05, 4.69) is 41.3 Å². The molecule has 2 aliphatic heterocycles. The van der Waals surface area contributed by atoms with Crippen molar-refractivity contribution in [2.45, 2.75) is 58.8 Å². The minimum atomic E-state index is -0.314. The summed E-state index contributed by atoms with van der Waals surface area (Å²) in [5.41, 5.74) is 7.59. The molecule has 1 saturated heterocycles. The molecule has 0 radical (unpaired) electrons. The molecule has 0 unspecified atom stereocenters. The van der Waals surface area contributed by atoms with Crippen LogP contribution in [0.2, 0.25) is 0 Å². The normalized spacial score (nSPS) is 20.2. The molecule has 0 atom stereocenters. The van der Waals surface area contributed by atoms with Crippen LogP contribution in [0.15, 0.2) is 85.0 Å². The fourth-order valence-corrected chi connectivity index (χ4v) is 6.36. The molecule has 226 valence electrons. The maximum atomic E-state index is 12.8. The number of carbonyl (C=O) groups is 1. The first kappa shape index (κ1) is 30.7. The average Bonchev–Trinajstić information content (AvgIpc) is 3.49. The van der Waals surface area contributed by atoms with Gasteiger partial charge in [-0.05, 0) is 81.6 Å². The molecule has 0 N–H and O–H groups in total. The Morgan fingerprint density at radius 2 is 1.84 bits per heavy atom. The molecular formula is C35H40N2O5S. The highest BCUT2D eigenvalue weighted by atomic mass is 32.1. The van der Waals surface area contributed by atoms with Gasteiger partial charge in [0, 0.05) is 47.1 Å². The fraction of sp³-hybridized carbons (Fsp3) is 0.400. The van der Waals surface area contributed by atoms with E-state index in [0.29, 0.717) is 35.0 Å². The number of fused-ring (bicyclic) bond motifs is 1. The third kappa shape index (κ3) is 7.80. The van der Waals surface area contributed by atoms with Crippen LogP contribution < -0.4 is 10.3 Å². The summed E-state index contributed by atoms with van der Waals surface area (Å²) in [6.45, 7) is 6.50. The van der Waals surface area contributed by atoms with Crippen molar-refractivity contribution in [2.75, 3.05) is 38.3 Å². The molecule has 0 amide bonds. The standard InChI is InChI=1S/C35H40N2O5S/c1-24(35(39)40-3)21-28-10-5-4-6-11-29(36-25(28)2)12-8-7-9-26-13-15-27(16-14-26)30-23-43-34-31(38)22-32(42-33(30)34)37-17-19-41-20-18-37/h10-11,13-16,21-23H,4-9,12,17-20H2,1-3H3/b24-21+,28-10-,29-11+,36-25-. The van der Waals surface area contributed by atoms with E-state index < -0.39 is 0 Å². The number of methoxy groups -OCH3 is 1. The smallest absolute Gasteiger partial charge is 0.333 e. The van der Waals surface area contributed by atoms with Crippen LogP contribution in [0.3, 0.4) is 0 Å². The van der Waals surface area contributed by atoms with E-state index in [1.54, 1.807) is 13.0 Å². The van der Waals surface area contributed by atoms with Gasteiger partial charge in [0.15, 0.2) is 11.5 Å². The van der Waals surface area contributed by atoms with Gasteiger partial charge >= 0.3 is 5.97 Å². The zero-order valence-corrected chi connectivity index (χ0v) is 26.1. The highest BCUT2D eigenvalue weighted by molar-refractivity contribution is 7.17. The topological polar surface area (TPSA) is 81.3 Å². The predicted molar refractivity (Wildman–Crippen MR) is 175 cm³/mol. The van der Waals surface area contributed by atoms with E-state index >= 15 is 0 Å². The number of hydrogen-bond acceptors (Lipinski definition) is 8. The van der Waals surface area contributed by atoms with E-state index in [1.165, 1.54) is 24.0 Å². The van der Waals surface area contributed by atoms with Gasteiger partial charge in [-0.15, -0.1) is 11.3 Å². The third-order valence-corrected chi connectivity index (χ3v) is 8.90. The predicted octanol–water partition coefficient (Wildman–Crippen LogP) is 7.65. The maximum Gasteiger partial charge on any atom is 0.333 e. The molecule has 1 fully saturated rings. The first-order chi connectivity index (χ1) is 20.9. The first-order valence-electron chi connectivity index (χ1n) is 15.1. The number of unbranched alkanes of at least 4 members (excludes halogenated alkanes) is 1. The van der Waals surface area contributed by atoms with E-state index in [9.17, 15) is 9.59 Å². The van der Waals surface area contributed by atoms with Crippen LogP contribution in [0.1, 0.15) is 57.9 Å². The van der Waals surface area contributed by atoms with E-state index in [0.717, 1.165) is 86.1 Å². The molecule has 8 heteroatoms. The summed E-state index contributed by atoms with van der Waals surface area (Å²) < 4.78 is 17.3. The fourth-order valence-electron chi connectivity index (χ4n) is 5.45. The zero-order chi connectivity index (χ0) is 30.2. The Bertz CT molecular complexity index is 1620. The summed E-state index contributed by atoms with van der Waals surface area (Å²) in [4.78, 5) is 31.7. The Balaban J connectivity index is 1.20. The molecule has 43 heavy (non-hydrogen) atoms. The summed E-state index contributed by atoms with van der Waals surface area (Å²) in [5.74, 6) is 0.303. The maximum absolute atomic E-state index is 12.8. The number of anilines is 1. The van der Waals surface area contributed by atoms with Crippen LogP contribution in [0.25, 0.3) is 21.4 Å². The molecular weight excluding hydrogens is 560 g/mol. The van der Waals surface area contributed by atoms with Crippen LogP contribution in [-0.4, -0.2) is 45.1 Å². The van der Waals surface area contributed by atoms with Crippen molar-refractivity contribution >= 4 is 39.2 Å². The molecule has 1 aromatic carbocycles.